The quantitative estimate of drug-likeness (QED) is 0.812. The van der Waals surface area contributed by atoms with Gasteiger partial charge in [0, 0.05) is 13.5 Å². The Morgan fingerprint density at radius 2 is 1.94 bits per heavy atom. The average molecular weight is 247 g/mol. The Bertz CT molecular complexity index is 427. The van der Waals surface area contributed by atoms with Crippen molar-refractivity contribution in [3.63, 3.8) is 0 Å². The van der Waals surface area contributed by atoms with E-state index in [1.165, 1.54) is 23.6 Å². The van der Waals surface area contributed by atoms with Gasteiger partial charge in [-0.05, 0) is 49.1 Å². The summed E-state index contributed by atoms with van der Waals surface area (Å²) in [6.45, 7) is 6.35. The summed E-state index contributed by atoms with van der Waals surface area (Å²) in [5.74, 6) is 0.903. The van der Waals surface area contributed by atoms with Crippen LogP contribution in [-0.4, -0.2) is 19.6 Å². The second kappa shape index (κ2) is 6.84. The van der Waals surface area contributed by atoms with Gasteiger partial charge in [0.1, 0.15) is 5.75 Å². The first-order valence-electron chi connectivity index (χ1n) is 6.11. The molecule has 0 heterocycles. The minimum atomic E-state index is 0.0141. The van der Waals surface area contributed by atoms with Crippen molar-refractivity contribution in [3.05, 3.63) is 34.9 Å². The van der Waals surface area contributed by atoms with Crippen LogP contribution in [0.25, 0.3) is 6.08 Å². The molecular weight excluding hydrogens is 226 g/mol. The van der Waals surface area contributed by atoms with Gasteiger partial charge in [0.15, 0.2) is 0 Å². The van der Waals surface area contributed by atoms with Gasteiger partial charge in [-0.15, -0.1) is 0 Å². The van der Waals surface area contributed by atoms with E-state index >= 15 is 0 Å². The molecule has 1 aromatic carbocycles. The number of ether oxygens (including phenoxy) is 1. The van der Waals surface area contributed by atoms with Gasteiger partial charge in [0.25, 0.3) is 0 Å². The van der Waals surface area contributed by atoms with Crippen LogP contribution in [0.3, 0.4) is 0 Å². The fourth-order valence-electron chi connectivity index (χ4n) is 1.85. The fourth-order valence-corrected chi connectivity index (χ4v) is 1.85. The maximum atomic E-state index is 10.7. The topological polar surface area (TPSA) is 38.3 Å². The molecule has 0 unspecified atom stereocenters. The number of aryl methyl sites for hydroxylation is 2. The Morgan fingerprint density at radius 1 is 1.33 bits per heavy atom. The van der Waals surface area contributed by atoms with Gasteiger partial charge in [-0.3, -0.25) is 4.79 Å². The monoisotopic (exact) mass is 247 g/mol. The van der Waals surface area contributed by atoms with Crippen molar-refractivity contribution < 1.29 is 9.53 Å². The Balaban J connectivity index is 2.67. The molecule has 0 aliphatic rings. The SMILES string of the molecule is COc1cc(C)c(C=CCCNC(C)=O)c(C)c1. The summed E-state index contributed by atoms with van der Waals surface area (Å²) in [5.41, 5.74) is 3.61. The smallest absolute Gasteiger partial charge is 0.216 e. The van der Waals surface area contributed by atoms with Gasteiger partial charge in [-0.2, -0.15) is 0 Å². The summed E-state index contributed by atoms with van der Waals surface area (Å²) in [7, 11) is 1.68. The maximum Gasteiger partial charge on any atom is 0.216 e. The molecule has 3 nitrogen and oxygen atoms in total. The lowest BCUT2D eigenvalue weighted by Crippen LogP contribution is -2.20. The molecule has 98 valence electrons. The first kappa shape index (κ1) is 14.3. The highest BCUT2D eigenvalue weighted by atomic mass is 16.5. The Labute approximate surface area is 109 Å². The molecule has 0 radical (unpaired) electrons. The maximum absolute atomic E-state index is 10.7. The van der Waals surface area contributed by atoms with E-state index in [9.17, 15) is 4.79 Å². The lowest BCUT2D eigenvalue weighted by Gasteiger charge is -2.08. The third-order valence-electron chi connectivity index (χ3n) is 2.77. The lowest BCUT2D eigenvalue weighted by molar-refractivity contribution is -0.118. The third-order valence-corrected chi connectivity index (χ3v) is 2.77. The molecule has 3 heteroatoms. The number of hydrogen-bond donors (Lipinski definition) is 1. The molecule has 0 aliphatic carbocycles. The number of amides is 1. The third kappa shape index (κ3) is 4.24. The van der Waals surface area contributed by atoms with E-state index in [1.807, 2.05) is 12.1 Å². The summed E-state index contributed by atoms with van der Waals surface area (Å²) in [5, 5.41) is 2.77. The largest absolute Gasteiger partial charge is 0.497 e. The molecule has 1 aromatic rings. The van der Waals surface area contributed by atoms with Gasteiger partial charge in [0.05, 0.1) is 7.11 Å². The molecule has 0 saturated heterocycles. The molecule has 0 aliphatic heterocycles. The van der Waals surface area contributed by atoms with Crippen LogP contribution in [0.5, 0.6) is 5.75 Å². The van der Waals surface area contributed by atoms with Crippen molar-refractivity contribution in [1.82, 2.24) is 5.32 Å². The van der Waals surface area contributed by atoms with E-state index < -0.39 is 0 Å². The Kier molecular flexibility index (Phi) is 5.43. The van der Waals surface area contributed by atoms with Crippen molar-refractivity contribution in [3.8, 4) is 5.75 Å². The van der Waals surface area contributed by atoms with Gasteiger partial charge < -0.3 is 10.1 Å². The average Bonchev–Trinajstić information content (AvgIpc) is 2.31. The van der Waals surface area contributed by atoms with E-state index in [0.29, 0.717) is 6.54 Å². The zero-order valence-corrected chi connectivity index (χ0v) is 11.5. The number of hydrogen-bond acceptors (Lipinski definition) is 2. The standard InChI is InChI=1S/C15H21NO2/c1-11-9-14(18-4)10-12(2)15(11)7-5-6-8-16-13(3)17/h5,7,9-10H,6,8H2,1-4H3,(H,16,17). The van der Waals surface area contributed by atoms with Gasteiger partial charge in [0.2, 0.25) is 5.91 Å². The van der Waals surface area contributed by atoms with E-state index in [0.717, 1.165) is 12.2 Å². The Morgan fingerprint density at radius 3 is 2.44 bits per heavy atom. The van der Waals surface area contributed by atoms with Crippen LogP contribution in [-0.2, 0) is 4.79 Å². The Hall–Kier alpha value is -1.77. The van der Waals surface area contributed by atoms with Crippen molar-refractivity contribution in [2.75, 3.05) is 13.7 Å². The number of carbonyl (C=O) groups is 1. The zero-order chi connectivity index (χ0) is 13.5. The van der Waals surface area contributed by atoms with Crippen LogP contribution in [0.2, 0.25) is 0 Å². The number of nitrogens with one attached hydrogen (secondary N) is 1. The minimum absolute atomic E-state index is 0.0141. The molecule has 1 amide bonds. The van der Waals surface area contributed by atoms with Crippen LogP contribution in [0, 0.1) is 13.8 Å². The highest BCUT2D eigenvalue weighted by Crippen LogP contribution is 2.22. The van der Waals surface area contributed by atoms with Crippen LogP contribution >= 0.6 is 0 Å². The van der Waals surface area contributed by atoms with Crippen molar-refractivity contribution in [2.24, 2.45) is 0 Å². The lowest BCUT2D eigenvalue weighted by atomic mass is 10.0. The summed E-state index contributed by atoms with van der Waals surface area (Å²) in [6, 6.07) is 4.06. The molecule has 0 atom stereocenters. The van der Waals surface area contributed by atoms with Crippen LogP contribution in [0.1, 0.15) is 30.0 Å². The predicted molar refractivity (Wildman–Crippen MR) is 74.8 cm³/mol. The normalized spacial score (nSPS) is 10.7. The highest BCUT2D eigenvalue weighted by molar-refractivity contribution is 5.72. The molecule has 0 saturated carbocycles. The zero-order valence-electron chi connectivity index (χ0n) is 11.5. The number of carbonyl (C=O) groups excluding carboxylic acids is 1. The molecule has 1 rings (SSSR count). The van der Waals surface area contributed by atoms with Gasteiger partial charge in [-0.25, -0.2) is 0 Å². The fraction of sp³-hybridized carbons (Fsp3) is 0.400. The van der Waals surface area contributed by atoms with Crippen LogP contribution in [0.15, 0.2) is 18.2 Å². The molecule has 18 heavy (non-hydrogen) atoms. The summed E-state index contributed by atoms with van der Waals surface area (Å²) in [4.78, 5) is 10.7. The molecule has 0 fully saturated rings. The van der Waals surface area contributed by atoms with Crippen molar-refractivity contribution >= 4 is 12.0 Å². The second-order valence-corrected chi connectivity index (χ2v) is 4.35. The minimum Gasteiger partial charge on any atom is -0.497 e. The van der Waals surface area contributed by atoms with E-state index in [1.54, 1.807) is 7.11 Å². The van der Waals surface area contributed by atoms with Gasteiger partial charge in [-0.1, -0.05) is 12.2 Å². The highest BCUT2D eigenvalue weighted by Gasteiger charge is 2.02. The van der Waals surface area contributed by atoms with Crippen LogP contribution in [0.4, 0.5) is 0 Å². The summed E-state index contributed by atoms with van der Waals surface area (Å²) < 4.78 is 5.23. The van der Waals surface area contributed by atoms with Crippen molar-refractivity contribution in [2.45, 2.75) is 27.2 Å². The molecular formula is C15H21NO2. The molecule has 0 aromatic heterocycles. The number of benzene rings is 1. The van der Waals surface area contributed by atoms with Crippen LogP contribution < -0.4 is 10.1 Å². The first-order chi connectivity index (χ1) is 8.54. The van der Waals surface area contributed by atoms with Gasteiger partial charge >= 0.3 is 0 Å². The van der Waals surface area contributed by atoms with E-state index in [-0.39, 0.29) is 5.91 Å². The first-order valence-corrected chi connectivity index (χ1v) is 6.11. The number of rotatable bonds is 5. The second-order valence-electron chi connectivity index (χ2n) is 4.35. The molecule has 0 spiro atoms. The summed E-state index contributed by atoms with van der Waals surface area (Å²) in [6.07, 6.45) is 5.02. The summed E-state index contributed by atoms with van der Waals surface area (Å²) >= 11 is 0. The number of methoxy groups -OCH3 is 1. The van der Waals surface area contributed by atoms with Crippen molar-refractivity contribution in [1.29, 1.82) is 0 Å². The predicted octanol–water partition coefficient (Wildman–Crippen LogP) is 2.85. The molecule has 0 bridgehead atoms. The van der Waals surface area contributed by atoms with E-state index in [4.69, 9.17) is 4.74 Å². The molecule has 1 N–H and O–H groups in total. The van der Waals surface area contributed by atoms with E-state index in [2.05, 4.69) is 31.3 Å².